The van der Waals surface area contributed by atoms with Crippen LogP contribution in [0.5, 0.6) is 0 Å². The molecular formula is C10H8N4. The summed E-state index contributed by atoms with van der Waals surface area (Å²) < 4.78 is 1.90. The second kappa shape index (κ2) is 2.70. The van der Waals surface area contributed by atoms with Gasteiger partial charge in [-0.05, 0) is 24.3 Å². The molecule has 68 valence electrons. The third-order valence-corrected chi connectivity index (χ3v) is 2.14. The van der Waals surface area contributed by atoms with Gasteiger partial charge in [0, 0.05) is 24.0 Å². The lowest BCUT2D eigenvalue weighted by molar-refractivity contribution is 0.591. The highest BCUT2D eigenvalue weighted by Crippen LogP contribution is 2.11. The zero-order valence-electron chi connectivity index (χ0n) is 7.41. The van der Waals surface area contributed by atoms with Crippen molar-refractivity contribution in [3.63, 3.8) is 0 Å². The maximum absolute atomic E-state index is 4.30. The number of rotatable bonds is 1. The lowest BCUT2D eigenvalue weighted by Gasteiger charge is -2.02. The summed E-state index contributed by atoms with van der Waals surface area (Å²) in [6, 6.07) is 7.86. The molecule has 0 aliphatic carbocycles. The van der Waals surface area contributed by atoms with Crippen LogP contribution in [0.4, 0.5) is 0 Å². The Labute approximate surface area is 80.4 Å². The summed E-state index contributed by atoms with van der Waals surface area (Å²) in [5, 5.41) is 5.26. The topological polar surface area (TPSA) is 35.6 Å². The highest BCUT2D eigenvalue weighted by atomic mass is 15.6. The van der Waals surface area contributed by atoms with E-state index in [0.29, 0.717) is 0 Å². The third-order valence-electron chi connectivity index (χ3n) is 2.14. The van der Waals surface area contributed by atoms with Crippen molar-refractivity contribution in [3.05, 3.63) is 49.1 Å². The number of hydrogen-bond donors (Lipinski definition) is 0. The fourth-order valence-electron chi connectivity index (χ4n) is 1.51. The molecule has 3 aromatic heterocycles. The normalized spacial score (nSPS) is 10.9. The molecule has 4 nitrogen and oxygen atoms in total. The maximum atomic E-state index is 4.30. The van der Waals surface area contributed by atoms with Crippen molar-refractivity contribution in [1.82, 2.24) is 19.5 Å². The Bertz CT molecular complexity index is 550. The van der Waals surface area contributed by atoms with Crippen LogP contribution in [0.3, 0.4) is 0 Å². The number of nitrogens with zero attached hydrogens (tertiary/aromatic N) is 4. The first-order chi connectivity index (χ1) is 6.95. The van der Waals surface area contributed by atoms with Crippen molar-refractivity contribution in [2.75, 3.05) is 0 Å². The Kier molecular flexibility index (Phi) is 1.41. The third kappa shape index (κ3) is 0.939. The van der Waals surface area contributed by atoms with E-state index in [1.165, 1.54) is 0 Å². The van der Waals surface area contributed by atoms with Crippen molar-refractivity contribution >= 4 is 11.0 Å². The fraction of sp³-hybridized carbons (Fsp3) is 0. The molecule has 0 radical (unpaired) electrons. The summed E-state index contributed by atoms with van der Waals surface area (Å²) in [7, 11) is 0. The van der Waals surface area contributed by atoms with Gasteiger partial charge >= 0.3 is 0 Å². The number of aromatic nitrogens is 4. The summed E-state index contributed by atoms with van der Waals surface area (Å²) in [6.45, 7) is 0. The molecule has 0 aromatic carbocycles. The van der Waals surface area contributed by atoms with Gasteiger partial charge in [-0.15, -0.1) is 0 Å². The Morgan fingerprint density at radius 3 is 2.86 bits per heavy atom. The van der Waals surface area contributed by atoms with E-state index >= 15 is 0 Å². The van der Waals surface area contributed by atoms with Crippen LogP contribution in [0.25, 0.3) is 11.0 Å². The molecule has 0 bridgehead atoms. The maximum Gasteiger partial charge on any atom is 0.160 e. The van der Waals surface area contributed by atoms with Gasteiger partial charge in [0.1, 0.15) is 0 Å². The van der Waals surface area contributed by atoms with E-state index in [-0.39, 0.29) is 0 Å². The van der Waals surface area contributed by atoms with Gasteiger partial charge in [0.15, 0.2) is 5.65 Å². The quantitative estimate of drug-likeness (QED) is 0.575. The Balaban J connectivity index is 2.33. The van der Waals surface area contributed by atoms with Crippen LogP contribution < -0.4 is 0 Å². The molecule has 14 heavy (non-hydrogen) atoms. The highest BCUT2D eigenvalue weighted by molar-refractivity contribution is 5.75. The van der Waals surface area contributed by atoms with Crippen LogP contribution in [-0.4, -0.2) is 19.5 Å². The molecule has 4 heteroatoms. The number of pyridine rings is 1. The van der Waals surface area contributed by atoms with Crippen LogP contribution in [-0.2, 0) is 0 Å². The molecule has 3 rings (SSSR count). The van der Waals surface area contributed by atoms with Gasteiger partial charge in [-0.1, -0.05) is 0 Å². The Hall–Kier alpha value is -2.10. The predicted octanol–water partition coefficient (Wildman–Crippen LogP) is 1.54. The molecule has 3 aromatic rings. The molecule has 0 saturated heterocycles. The first-order valence-electron chi connectivity index (χ1n) is 4.37. The second-order valence-corrected chi connectivity index (χ2v) is 3.00. The molecule has 0 fully saturated rings. The summed E-state index contributed by atoms with van der Waals surface area (Å²) in [4.78, 5) is 6.04. The molecule has 0 aliphatic rings. The van der Waals surface area contributed by atoms with Gasteiger partial charge in [0.05, 0.1) is 6.20 Å². The lowest BCUT2D eigenvalue weighted by Crippen LogP contribution is -2.08. The van der Waals surface area contributed by atoms with Crippen LogP contribution >= 0.6 is 0 Å². The van der Waals surface area contributed by atoms with Crippen molar-refractivity contribution in [2.45, 2.75) is 0 Å². The van der Waals surface area contributed by atoms with Crippen LogP contribution in [0.1, 0.15) is 0 Å². The first kappa shape index (κ1) is 7.32. The average molecular weight is 184 g/mol. The predicted molar refractivity (Wildman–Crippen MR) is 52.8 cm³/mol. The SMILES string of the molecule is c1cnc2c(c1)ccn2-n1cccn1. The highest BCUT2D eigenvalue weighted by Gasteiger charge is 2.01. The van der Waals surface area contributed by atoms with E-state index in [2.05, 4.69) is 10.1 Å². The van der Waals surface area contributed by atoms with E-state index < -0.39 is 0 Å². The summed E-state index contributed by atoms with van der Waals surface area (Å²) >= 11 is 0. The summed E-state index contributed by atoms with van der Waals surface area (Å²) in [6.07, 6.45) is 7.36. The van der Waals surface area contributed by atoms with E-state index in [1.54, 1.807) is 17.2 Å². The standard InChI is InChI=1S/C10H8N4/c1-3-9-4-8-13(10(9)11-5-1)14-7-2-6-12-14/h1-8H. The van der Waals surface area contributed by atoms with E-state index in [4.69, 9.17) is 0 Å². The average Bonchev–Trinajstić information content (AvgIpc) is 2.85. The molecule has 0 atom stereocenters. The van der Waals surface area contributed by atoms with Gasteiger partial charge < -0.3 is 0 Å². The lowest BCUT2D eigenvalue weighted by atomic mass is 10.3. The van der Waals surface area contributed by atoms with Crippen LogP contribution in [0.2, 0.25) is 0 Å². The molecular weight excluding hydrogens is 176 g/mol. The van der Waals surface area contributed by atoms with Gasteiger partial charge in [-0.25, -0.2) is 9.66 Å². The smallest absolute Gasteiger partial charge is 0.160 e. The zero-order chi connectivity index (χ0) is 9.38. The molecule has 0 saturated carbocycles. The Morgan fingerprint density at radius 1 is 1.00 bits per heavy atom. The van der Waals surface area contributed by atoms with Crippen molar-refractivity contribution < 1.29 is 0 Å². The molecule has 0 N–H and O–H groups in total. The van der Waals surface area contributed by atoms with Crippen molar-refractivity contribution in [2.24, 2.45) is 0 Å². The zero-order valence-corrected chi connectivity index (χ0v) is 7.41. The Morgan fingerprint density at radius 2 is 2.00 bits per heavy atom. The van der Waals surface area contributed by atoms with Crippen molar-refractivity contribution in [1.29, 1.82) is 0 Å². The second-order valence-electron chi connectivity index (χ2n) is 3.00. The van der Waals surface area contributed by atoms with Crippen LogP contribution in [0.15, 0.2) is 49.1 Å². The molecule has 0 spiro atoms. The van der Waals surface area contributed by atoms with Crippen LogP contribution in [0, 0.1) is 0 Å². The minimum absolute atomic E-state index is 0.913. The minimum Gasteiger partial charge on any atom is -0.237 e. The number of fused-ring (bicyclic) bond motifs is 1. The van der Waals surface area contributed by atoms with Gasteiger partial charge in [-0.2, -0.15) is 9.89 Å². The van der Waals surface area contributed by atoms with E-state index in [9.17, 15) is 0 Å². The largest absolute Gasteiger partial charge is 0.237 e. The van der Waals surface area contributed by atoms with Gasteiger partial charge in [0.25, 0.3) is 0 Å². The summed E-state index contributed by atoms with van der Waals surface area (Å²) in [5.41, 5.74) is 0.913. The monoisotopic (exact) mass is 184 g/mol. The van der Waals surface area contributed by atoms with Gasteiger partial charge in [-0.3, -0.25) is 0 Å². The first-order valence-corrected chi connectivity index (χ1v) is 4.37. The molecule has 0 unspecified atom stereocenters. The van der Waals surface area contributed by atoms with E-state index in [1.807, 2.05) is 41.3 Å². The number of hydrogen-bond acceptors (Lipinski definition) is 2. The van der Waals surface area contributed by atoms with Crippen molar-refractivity contribution in [3.8, 4) is 0 Å². The summed E-state index contributed by atoms with van der Waals surface area (Å²) in [5.74, 6) is 0. The fourth-order valence-corrected chi connectivity index (χ4v) is 1.51. The molecule has 0 amide bonds. The van der Waals surface area contributed by atoms with Gasteiger partial charge in [0.2, 0.25) is 0 Å². The molecule has 0 aliphatic heterocycles. The van der Waals surface area contributed by atoms with E-state index in [0.717, 1.165) is 11.0 Å². The minimum atomic E-state index is 0.913. The molecule has 3 heterocycles.